The molecule has 7 heteroatoms. The minimum Gasteiger partial charge on any atom is -0.495 e. The number of sulfonamides is 1. The van der Waals surface area contributed by atoms with Gasteiger partial charge in [-0.25, -0.2) is 13.4 Å². The van der Waals surface area contributed by atoms with Crippen molar-refractivity contribution in [1.29, 1.82) is 0 Å². The Morgan fingerprint density at radius 2 is 1.73 bits per heavy atom. The lowest BCUT2D eigenvalue weighted by molar-refractivity contribution is 0.402. The molecule has 1 N–H and O–H groups in total. The standard InChI is InChI=1S/C15H17BrN2O3S/c1-9-6-13(21-4)14(7-10(9)2)22(19,20)18-15-11(3)5-12(16)8-17-15/h5-8H,1-4H3,(H,17,18). The van der Waals surface area contributed by atoms with Crippen LogP contribution >= 0.6 is 15.9 Å². The van der Waals surface area contributed by atoms with E-state index in [-0.39, 0.29) is 4.90 Å². The molecule has 0 fully saturated rings. The second-order valence-corrected chi connectivity index (χ2v) is 7.58. The van der Waals surface area contributed by atoms with Crippen LogP contribution in [0.5, 0.6) is 5.75 Å². The predicted octanol–water partition coefficient (Wildman–Crippen LogP) is 3.58. The molecule has 0 bridgehead atoms. The lowest BCUT2D eigenvalue weighted by atomic mass is 10.1. The number of nitrogens with one attached hydrogen (secondary N) is 1. The van der Waals surface area contributed by atoms with Gasteiger partial charge in [0.15, 0.2) is 0 Å². The number of hydrogen-bond acceptors (Lipinski definition) is 4. The molecule has 5 nitrogen and oxygen atoms in total. The highest BCUT2D eigenvalue weighted by atomic mass is 79.9. The van der Waals surface area contributed by atoms with Crippen LogP contribution in [0, 0.1) is 20.8 Å². The number of benzene rings is 1. The number of rotatable bonds is 4. The van der Waals surface area contributed by atoms with Gasteiger partial charge in [-0.2, -0.15) is 0 Å². The molecule has 22 heavy (non-hydrogen) atoms. The van der Waals surface area contributed by atoms with E-state index in [1.165, 1.54) is 7.11 Å². The molecule has 0 saturated carbocycles. The van der Waals surface area contributed by atoms with Gasteiger partial charge in [-0.15, -0.1) is 0 Å². The number of halogens is 1. The van der Waals surface area contributed by atoms with Crippen molar-refractivity contribution in [2.75, 3.05) is 11.8 Å². The summed E-state index contributed by atoms with van der Waals surface area (Å²) >= 11 is 3.30. The van der Waals surface area contributed by atoms with Gasteiger partial charge < -0.3 is 4.74 Å². The van der Waals surface area contributed by atoms with E-state index < -0.39 is 10.0 Å². The van der Waals surface area contributed by atoms with Crippen LogP contribution < -0.4 is 9.46 Å². The van der Waals surface area contributed by atoms with Gasteiger partial charge in [-0.3, -0.25) is 4.72 Å². The van der Waals surface area contributed by atoms with Crippen molar-refractivity contribution in [2.45, 2.75) is 25.7 Å². The van der Waals surface area contributed by atoms with Crippen molar-refractivity contribution < 1.29 is 13.2 Å². The van der Waals surface area contributed by atoms with E-state index in [1.54, 1.807) is 31.3 Å². The molecule has 1 aromatic carbocycles. The average molecular weight is 385 g/mol. The fourth-order valence-corrected chi connectivity index (χ4v) is 3.73. The van der Waals surface area contributed by atoms with Gasteiger partial charge in [0.1, 0.15) is 16.5 Å². The first-order valence-corrected chi connectivity index (χ1v) is 8.82. The van der Waals surface area contributed by atoms with E-state index in [4.69, 9.17) is 4.74 Å². The Morgan fingerprint density at radius 1 is 1.09 bits per heavy atom. The number of ether oxygens (including phenoxy) is 1. The van der Waals surface area contributed by atoms with Gasteiger partial charge in [0.2, 0.25) is 0 Å². The number of pyridine rings is 1. The van der Waals surface area contributed by atoms with Gasteiger partial charge in [0.25, 0.3) is 10.0 Å². The lowest BCUT2D eigenvalue weighted by Gasteiger charge is -2.14. The number of anilines is 1. The summed E-state index contributed by atoms with van der Waals surface area (Å²) in [5.41, 5.74) is 2.57. The van der Waals surface area contributed by atoms with E-state index in [0.717, 1.165) is 21.2 Å². The summed E-state index contributed by atoms with van der Waals surface area (Å²) < 4.78 is 33.8. The van der Waals surface area contributed by atoms with Crippen LogP contribution in [0.25, 0.3) is 0 Å². The molecule has 0 amide bonds. The molecule has 118 valence electrons. The summed E-state index contributed by atoms with van der Waals surface area (Å²) in [6, 6.07) is 5.11. The molecular weight excluding hydrogens is 368 g/mol. The smallest absolute Gasteiger partial charge is 0.266 e. The maximum Gasteiger partial charge on any atom is 0.266 e. The van der Waals surface area contributed by atoms with Crippen molar-refractivity contribution in [3.8, 4) is 5.75 Å². The second-order valence-electron chi connectivity index (χ2n) is 5.01. The molecular formula is C15H17BrN2O3S. The van der Waals surface area contributed by atoms with Crippen LogP contribution in [0.4, 0.5) is 5.82 Å². The number of aromatic nitrogens is 1. The quantitative estimate of drug-likeness (QED) is 0.874. The van der Waals surface area contributed by atoms with Crippen LogP contribution in [0.3, 0.4) is 0 Å². The van der Waals surface area contributed by atoms with E-state index in [1.807, 2.05) is 13.8 Å². The van der Waals surface area contributed by atoms with Gasteiger partial charge >= 0.3 is 0 Å². The molecule has 0 aliphatic carbocycles. The number of methoxy groups -OCH3 is 1. The summed E-state index contributed by atoms with van der Waals surface area (Å²) in [7, 11) is -2.33. The van der Waals surface area contributed by atoms with Crippen LogP contribution in [0.2, 0.25) is 0 Å². The van der Waals surface area contributed by atoms with E-state index in [0.29, 0.717) is 11.6 Å². The Hall–Kier alpha value is -1.60. The van der Waals surface area contributed by atoms with Gasteiger partial charge in [-0.1, -0.05) is 0 Å². The highest BCUT2D eigenvalue weighted by Crippen LogP contribution is 2.29. The first kappa shape index (κ1) is 16.8. The summed E-state index contributed by atoms with van der Waals surface area (Å²) in [5, 5.41) is 0. The number of aryl methyl sites for hydroxylation is 3. The monoisotopic (exact) mass is 384 g/mol. The normalized spacial score (nSPS) is 11.3. The highest BCUT2D eigenvalue weighted by Gasteiger charge is 2.22. The average Bonchev–Trinajstić information content (AvgIpc) is 2.44. The zero-order chi connectivity index (χ0) is 16.5. The second kappa shape index (κ2) is 6.26. The van der Waals surface area contributed by atoms with Crippen molar-refractivity contribution in [2.24, 2.45) is 0 Å². The lowest BCUT2D eigenvalue weighted by Crippen LogP contribution is -2.16. The van der Waals surface area contributed by atoms with Crippen LogP contribution in [-0.4, -0.2) is 20.5 Å². The van der Waals surface area contributed by atoms with Gasteiger partial charge in [-0.05, 0) is 71.6 Å². The van der Waals surface area contributed by atoms with E-state index >= 15 is 0 Å². The third-order valence-electron chi connectivity index (χ3n) is 3.35. The van der Waals surface area contributed by atoms with E-state index in [2.05, 4.69) is 25.6 Å². The summed E-state index contributed by atoms with van der Waals surface area (Å²) in [5.74, 6) is 0.605. The molecule has 0 unspecified atom stereocenters. The fourth-order valence-electron chi connectivity index (χ4n) is 1.96. The minimum atomic E-state index is -3.78. The third kappa shape index (κ3) is 3.41. The molecule has 0 saturated heterocycles. The fraction of sp³-hybridized carbons (Fsp3) is 0.267. The molecule has 0 aliphatic rings. The first-order chi connectivity index (χ1) is 10.2. The van der Waals surface area contributed by atoms with Crippen LogP contribution in [-0.2, 0) is 10.0 Å². The van der Waals surface area contributed by atoms with Crippen LogP contribution in [0.15, 0.2) is 33.8 Å². The molecule has 0 radical (unpaired) electrons. The Morgan fingerprint density at radius 3 is 2.32 bits per heavy atom. The number of nitrogens with zero attached hydrogens (tertiary/aromatic N) is 1. The van der Waals surface area contributed by atoms with Crippen molar-refractivity contribution in [3.05, 3.63) is 45.6 Å². The van der Waals surface area contributed by atoms with Crippen molar-refractivity contribution in [3.63, 3.8) is 0 Å². The highest BCUT2D eigenvalue weighted by molar-refractivity contribution is 9.10. The topological polar surface area (TPSA) is 68.3 Å². The van der Waals surface area contributed by atoms with Crippen LogP contribution in [0.1, 0.15) is 16.7 Å². The Labute approximate surface area is 138 Å². The molecule has 2 aromatic rings. The van der Waals surface area contributed by atoms with Crippen molar-refractivity contribution >= 4 is 31.8 Å². The zero-order valence-electron chi connectivity index (χ0n) is 12.8. The molecule has 1 aromatic heterocycles. The molecule has 0 spiro atoms. The summed E-state index contributed by atoms with van der Waals surface area (Å²) in [4.78, 5) is 4.21. The predicted molar refractivity (Wildman–Crippen MR) is 90.0 cm³/mol. The first-order valence-electron chi connectivity index (χ1n) is 6.55. The Bertz CT molecular complexity index is 820. The third-order valence-corrected chi connectivity index (χ3v) is 5.14. The summed E-state index contributed by atoms with van der Waals surface area (Å²) in [6.45, 7) is 5.55. The molecule has 2 rings (SSSR count). The molecule has 1 heterocycles. The number of hydrogen-bond donors (Lipinski definition) is 1. The molecule has 0 atom stereocenters. The van der Waals surface area contributed by atoms with Gasteiger partial charge in [0, 0.05) is 10.7 Å². The molecule has 0 aliphatic heterocycles. The van der Waals surface area contributed by atoms with E-state index in [9.17, 15) is 8.42 Å². The maximum atomic E-state index is 12.6. The SMILES string of the molecule is COc1cc(C)c(C)cc1S(=O)(=O)Nc1ncc(Br)cc1C. The largest absolute Gasteiger partial charge is 0.495 e. The minimum absolute atomic E-state index is 0.0993. The summed E-state index contributed by atoms with van der Waals surface area (Å²) in [6.07, 6.45) is 1.54. The van der Waals surface area contributed by atoms with Gasteiger partial charge in [0.05, 0.1) is 7.11 Å². The Kier molecular flexibility index (Phi) is 4.77. The van der Waals surface area contributed by atoms with Crippen molar-refractivity contribution in [1.82, 2.24) is 4.98 Å². The maximum absolute atomic E-state index is 12.6. The Balaban J connectivity index is 2.49. The zero-order valence-corrected chi connectivity index (χ0v) is 15.2.